The fraction of sp³-hybridized carbons (Fsp3) is 0.250. The quantitative estimate of drug-likeness (QED) is 0.765. The number of allylic oxidation sites excluding steroid dienone is 2. The molecule has 0 saturated carbocycles. The molecule has 0 N–H and O–H groups in total. The SMILES string of the molecule is C/C=C/CN1C=C(c2ccc(C(=O)N(C)C)c(Cl)c2)C2=CC=NC2C1=O. The van der Waals surface area contributed by atoms with Crippen molar-refractivity contribution in [1.29, 1.82) is 0 Å². The molecule has 2 amide bonds. The van der Waals surface area contributed by atoms with Crippen molar-refractivity contribution in [2.45, 2.75) is 13.0 Å². The summed E-state index contributed by atoms with van der Waals surface area (Å²) in [7, 11) is 3.37. The molecule has 134 valence electrons. The predicted molar refractivity (Wildman–Crippen MR) is 104 cm³/mol. The first-order valence-corrected chi connectivity index (χ1v) is 8.70. The van der Waals surface area contributed by atoms with E-state index in [1.807, 2.05) is 37.4 Å². The molecular formula is C20H20ClN3O2. The van der Waals surface area contributed by atoms with E-state index in [2.05, 4.69) is 4.99 Å². The van der Waals surface area contributed by atoms with Gasteiger partial charge in [-0.15, -0.1) is 0 Å². The molecule has 5 nitrogen and oxygen atoms in total. The molecular weight excluding hydrogens is 350 g/mol. The second kappa shape index (κ2) is 7.30. The van der Waals surface area contributed by atoms with Crippen molar-refractivity contribution >= 4 is 35.2 Å². The summed E-state index contributed by atoms with van der Waals surface area (Å²) < 4.78 is 0. The molecule has 0 aromatic heterocycles. The number of aliphatic imine (C=N–C) groups is 1. The van der Waals surface area contributed by atoms with Crippen molar-refractivity contribution in [2.24, 2.45) is 4.99 Å². The highest BCUT2D eigenvalue weighted by Crippen LogP contribution is 2.36. The molecule has 1 unspecified atom stereocenters. The summed E-state index contributed by atoms with van der Waals surface area (Å²) in [6.45, 7) is 2.40. The van der Waals surface area contributed by atoms with Gasteiger partial charge in [-0.1, -0.05) is 29.8 Å². The monoisotopic (exact) mass is 369 g/mol. The van der Waals surface area contributed by atoms with Gasteiger partial charge in [-0.25, -0.2) is 0 Å². The van der Waals surface area contributed by atoms with Gasteiger partial charge in [0.05, 0.1) is 10.6 Å². The van der Waals surface area contributed by atoms with Crippen LogP contribution >= 0.6 is 11.6 Å². The second-order valence-corrected chi connectivity index (χ2v) is 6.73. The van der Waals surface area contributed by atoms with Crippen LogP contribution in [-0.2, 0) is 4.79 Å². The van der Waals surface area contributed by atoms with Crippen LogP contribution in [0.3, 0.4) is 0 Å². The maximum absolute atomic E-state index is 12.6. The smallest absolute Gasteiger partial charge is 0.256 e. The fourth-order valence-electron chi connectivity index (χ4n) is 2.97. The molecule has 2 aliphatic rings. The van der Waals surface area contributed by atoms with Gasteiger partial charge in [-0.3, -0.25) is 14.6 Å². The van der Waals surface area contributed by atoms with E-state index in [9.17, 15) is 9.59 Å². The van der Waals surface area contributed by atoms with Crippen LogP contribution in [0.5, 0.6) is 0 Å². The summed E-state index contributed by atoms with van der Waals surface area (Å²) in [6, 6.07) is 4.83. The topological polar surface area (TPSA) is 53.0 Å². The van der Waals surface area contributed by atoms with Crippen LogP contribution in [-0.4, -0.2) is 54.5 Å². The number of rotatable bonds is 4. The number of hydrogen-bond donors (Lipinski definition) is 0. The van der Waals surface area contributed by atoms with E-state index < -0.39 is 6.04 Å². The van der Waals surface area contributed by atoms with Crippen molar-refractivity contribution in [3.8, 4) is 0 Å². The van der Waals surface area contributed by atoms with E-state index in [0.29, 0.717) is 17.1 Å². The van der Waals surface area contributed by atoms with Crippen molar-refractivity contribution in [3.63, 3.8) is 0 Å². The van der Waals surface area contributed by atoms with E-state index in [-0.39, 0.29) is 11.8 Å². The lowest BCUT2D eigenvalue weighted by molar-refractivity contribution is -0.128. The lowest BCUT2D eigenvalue weighted by Crippen LogP contribution is -2.39. The van der Waals surface area contributed by atoms with Crippen LogP contribution in [0.2, 0.25) is 5.02 Å². The van der Waals surface area contributed by atoms with E-state index in [1.54, 1.807) is 37.3 Å². The van der Waals surface area contributed by atoms with Gasteiger partial charge in [0.1, 0.15) is 0 Å². The number of fused-ring (bicyclic) bond motifs is 1. The van der Waals surface area contributed by atoms with Crippen LogP contribution in [0.4, 0.5) is 0 Å². The Morgan fingerprint density at radius 2 is 2.15 bits per heavy atom. The van der Waals surface area contributed by atoms with Gasteiger partial charge in [-0.2, -0.15) is 0 Å². The highest BCUT2D eigenvalue weighted by molar-refractivity contribution is 6.34. The molecule has 2 aliphatic heterocycles. The molecule has 0 fully saturated rings. The lowest BCUT2D eigenvalue weighted by Gasteiger charge is -2.29. The third-order valence-electron chi connectivity index (χ3n) is 4.35. The van der Waals surface area contributed by atoms with Crippen LogP contribution in [0.15, 0.2) is 53.2 Å². The van der Waals surface area contributed by atoms with Gasteiger partial charge in [0.2, 0.25) is 0 Å². The number of benzene rings is 1. The van der Waals surface area contributed by atoms with Gasteiger partial charge in [0.15, 0.2) is 6.04 Å². The van der Waals surface area contributed by atoms with Crippen molar-refractivity contribution in [2.75, 3.05) is 20.6 Å². The van der Waals surface area contributed by atoms with E-state index in [1.165, 1.54) is 4.90 Å². The van der Waals surface area contributed by atoms with E-state index in [4.69, 9.17) is 11.6 Å². The van der Waals surface area contributed by atoms with Gasteiger partial charge >= 0.3 is 0 Å². The van der Waals surface area contributed by atoms with Crippen LogP contribution < -0.4 is 0 Å². The molecule has 0 aliphatic carbocycles. The highest BCUT2D eigenvalue weighted by atomic mass is 35.5. The third kappa shape index (κ3) is 3.22. The summed E-state index contributed by atoms with van der Waals surface area (Å²) in [5.41, 5.74) is 3.05. The Labute approximate surface area is 158 Å². The minimum Gasteiger partial charge on any atom is -0.345 e. The summed E-state index contributed by atoms with van der Waals surface area (Å²) in [5.74, 6) is -0.192. The second-order valence-electron chi connectivity index (χ2n) is 6.32. The number of carbonyl (C=O) groups excluding carboxylic acids is 2. The molecule has 1 aromatic rings. The van der Waals surface area contributed by atoms with E-state index in [0.717, 1.165) is 16.7 Å². The Hall–Kier alpha value is -2.66. The van der Waals surface area contributed by atoms with Crippen LogP contribution in [0.25, 0.3) is 5.57 Å². The summed E-state index contributed by atoms with van der Waals surface area (Å²) in [5, 5.41) is 0.384. The molecule has 1 aromatic carbocycles. The zero-order chi connectivity index (χ0) is 18.8. The molecule has 1 atom stereocenters. The number of nitrogens with zero attached hydrogens (tertiary/aromatic N) is 3. The summed E-state index contributed by atoms with van der Waals surface area (Å²) >= 11 is 6.36. The molecule has 6 heteroatoms. The first-order valence-electron chi connectivity index (χ1n) is 8.32. The minimum absolute atomic E-state index is 0.0441. The molecule has 0 bridgehead atoms. The Morgan fingerprint density at radius 3 is 2.81 bits per heavy atom. The normalized spacial score (nSPS) is 18.8. The molecule has 0 radical (unpaired) electrons. The molecule has 3 rings (SSSR count). The van der Waals surface area contributed by atoms with Crippen molar-refractivity contribution in [3.05, 3.63) is 64.3 Å². The third-order valence-corrected chi connectivity index (χ3v) is 4.66. The van der Waals surface area contributed by atoms with Gasteiger partial charge < -0.3 is 9.80 Å². The number of halogens is 1. The fourth-order valence-corrected chi connectivity index (χ4v) is 3.23. The zero-order valence-electron chi connectivity index (χ0n) is 14.9. The Morgan fingerprint density at radius 1 is 1.38 bits per heavy atom. The van der Waals surface area contributed by atoms with Crippen LogP contribution in [0, 0.1) is 0 Å². The molecule has 2 heterocycles. The maximum Gasteiger partial charge on any atom is 0.256 e. The number of hydrogen-bond acceptors (Lipinski definition) is 3. The Kier molecular flexibility index (Phi) is 5.09. The average Bonchev–Trinajstić information content (AvgIpc) is 3.10. The first kappa shape index (κ1) is 18.1. The molecule has 0 spiro atoms. The van der Waals surface area contributed by atoms with Gasteiger partial charge in [-0.05, 0) is 36.3 Å². The largest absolute Gasteiger partial charge is 0.345 e. The number of carbonyl (C=O) groups is 2. The van der Waals surface area contributed by atoms with Crippen molar-refractivity contribution < 1.29 is 9.59 Å². The highest BCUT2D eigenvalue weighted by Gasteiger charge is 2.35. The molecule has 0 saturated heterocycles. The van der Waals surface area contributed by atoms with Gasteiger partial charge in [0.25, 0.3) is 11.8 Å². The Bertz CT molecular complexity index is 881. The predicted octanol–water partition coefficient (Wildman–Crippen LogP) is 3.18. The first-order chi connectivity index (χ1) is 12.4. The van der Waals surface area contributed by atoms with Crippen LogP contribution in [0.1, 0.15) is 22.8 Å². The molecule has 26 heavy (non-hydrogen) atoms. The summed E-state index contributed by atoms with van der Waals surface area (Å²) in [6.07, 6.45) is 9.18. The number of amides is 2. The minimum atomic E-state index is -0.512. The maximum atomic E-state index is 12.6. The lowest BCUT2D eigenvalue weighted by atomic mass is 9.90. The Balaban J connectivity index is 2.02. The average molecular weight is 370 g/mol. The van der Waals surface area contributed by atoms with E-state index >= 15 is 0 Å². The summed E-state index contributed by atoms with van der Waals surface area (Å²) in [4.78, 5) is 32.2. The standard InChI is InChI=1S/C20H20ClN3O2/c1-4-5-10-24-12-16(14-8-9-22-18(14)20(24)26)13-6-7-15(17(21)11-13)19(25)23(2)3/h4-9,11-12,18H,10H2,1-3H3/b5-4+. The van der Waals surface area contributed by atoms with Crippen molar-refractivity contribution in [1.82, 2.24) is 9.80 Å². The zero-order valence-corrected chi connectivity index (χ0v) is 15.7. The van der Waals surface area contributed by atoms with Gasteiger partial charge in [0, 0.05) is 38.6 Å².